The van der Waals surface area contributed by atoms with Gasteiger partial charge in [0, 0.05) is 5.02 Å². The van der Waals surface area contributed by atoms with Crippen molar-refractivity contribution in [3.05, 3.63) is 101 Å². The van der Waals surface area contributed by atoms with Crippen molar-refractivity contribution < 1.29 is 0 Å². The summed E-state index contributed by atoms with van der Waals surface area (Å²) < 4.78 is 0. The van der Waals surface area contributed by atoms with Gasteiger partial charge < -0.3 is 0 Å². The topological polar surface area (TPSA) is 0 Å². The maximum absolute atomic E-state index is 6.16. The summed E-state index contributed by atoms with van der Waals surface area (Å²) >= 11 is 6.16. The molecule has 0 atom stereocenters. The third kappa shape index (κ3) is 3.78. The molecule has 1 radical (unpaired) electrons. The molecule has 0 saturated heterocycles. The van der Waals surface area contributed by atoms with Crippen molar-refractivity contribution in [3.8, 4) is 11.1 Å². The van der Waals surface area contributed by atoms with Gasteiger partial charge in [0.25, 0.3) is 0 Å². The third-order valence-corrected chi connectivity index (χ3v) is 4.11. The molecule has 22 heavy (non-hydrogen) atoms. The van der Waals surface area contributed by atoms with Crippen molar-refractivity contribution in [3.63, 3.8) is 0 Å². The van der Waals surface area contributed by atoms with Crippen LogP contribution in [-0.4, -0.2) is 0 Å². The Hall–Kier alpha value is -2.05. The monoisotopic (exact) mass is 305 g/mol. The summed E-state index contributed by atoms with van der Waals surface area (Å²) in [6.45, 7) is 0. The van der Waals surface area contributed by atoms with E-state index in [1.807, 2.05) is 24.3 Å². The van der Waals surface area contributed by atoms with Gasteiger partial charge in [0.1, 0.15) is 0 Å². The minimum Gasteiger partial charge on any atom is -0.0840 e. The predicted octanol–water partition coefficient (Wildman–Crippen LogP) is 6.19. The first-order valence-corrected chi connectivity index (χ1v) is 7.93. The van der Waals surface area contributed by atoms with Crippen LogP contribution in [-0.2, 0) is 6.42 Å². The first kappa shape index (κ1) is 14.9. The molecule has 0 spiro atoms. The van der Waals surface area contributed by atoms with Crippen molar-refractivity contribution in [2.45, 2.75) is 12.8 Å². The van der Waals surface area contributed by atoms with Crippen LogP contribution in [0.2, 0.25) is 5.02 Å². The van der Waals surface area contributed by atoms with Crippen molar-refractivity contribution in [1.82, 2.24) is 0 Å². The SMILES string of the molecule is Clc1ccccc1[CH]CCc1ccc(-c2ccccc2)cc1. The van der Waals surface area contributed by atoms with E-state index < -0.39 is 0 Å². The van der Waals surface area contributed by atoms with E-state index in [0.29, 0.717) is 0 Å². The number of rotatable bonds is 5. The van der Waals surface area contributed by atoms with Crippen molar-refractivity contribution >= 4 is 11.6 Å². The third-order valence-electron chi connectivity index (χ3n) is 3.76. The van der Waals surface area contributed by atoms with Gasteiger partial charge in [-0.05, 0) is 47.6 Å². The van der Waals surface area contributed by atoms with Gasteiger partial charge in [-0.15, -0.1) is 0 Å². The lowest BCUT2D eigenvalue weighted by Gasteiger charge is -2.06. The largest absolute Gasteiger partial charge is 0.0840 e. The number of benzene rings is 3. The van der Waals surface area contributed by atoms with E-state index in [9.17, 15) is 0 Å². The van der Waals surface area contributed by atoms with Crippen LogP contribution in [0.15, 0.2) is 78.9 Å². The van der Waals surface area contributed by atoms with E-state index in [1.54, 1.807) is 0 Å². The van der Waals surface area contributed by atoms with Crippen LogP contribution in [0.5, 0.6) is 0 Å². The second-order valence-electron chi connectivity index (χ2n) is 5.33. The lowest BCUT2D eigenvalue weighted by atomic mass is 10.0. The van der Waals surface area contributed by atoms with Crippen LogP contribution >= 0.6 is 11.6 Å². The van der Waals surface area contributed by atoms with Crippen molar-refractivity contribution in [2.24, 2.45) is 0 Å². The fourth-order valence-corrected chi connectivity index (χ4v) is 2.74. The Balaban J connectivity index is 1.59. The molecule has 3 aromatic rings. The predicted molar refractivity (Wildman–Crippen MR) is 95.1 cm³/mol. The maximum atomic E-state index is 6.16. The molecule has 0 N–H and O–H groups in total. The molecule has 0 amide bonds. The molecule has 109 valence electrons. The first-order chi connectivity index (χ1) is 10.8. The summed E-state index contributed by atoms with van der Waals surface area (Å²) in [4.78, 5) is 0. The zero-order chi connectivity index (χ0) is 15.2. The Bertz CT molecular complexity index is 714. The normalized spacial score (nSPS) is 10.6. The number of hydrogen-bond donors (Lipinski definition) is 0. The molecule has 0 bridgehead atoms. The Labute approximate surface area is 137 Å². The van der Waals surface area contributed by atoms with Gasteiger partial charge >= 0.3 is 0 Å². The number of halogens is 1. The number of aryl methyl sites for hydroxylation is 1. The first-order valence-electron chi connectivity index (χ1n) is 7.55. The lowest BCUT2D eigenvalue weighted by Crippen LogP contribution is -1.89. The average molecular weight is 306 g/mol. The minimum absolute atomic E-state index is 0.821. The molecule has 0 nitrogen and oxygen atoms in total. The van der Waals surface area contributed by atoms with Crippen LogP contribution in [0.4, 0.5) is 0 Å². The summed E-state index contributed by atoms with van der Waals surface area (Å²) in [6, 6.07) is 27.2. The van der Waals surface area contributed by atoms with Gasteiger partial charge in [-0.25, -0.2) is 0 Å². The van der Waals surface area contributed by atoms with Gasteiger partial charge in [-0.2, -0.15) is 0 Å². The van der Waals surface area contributed by atoms with Crippen LogP contribution in [0.3, 0.4) is 0 Å². The summed E-state index contributed by atoms with van der Waals surface area (Å²) in [7, 11) is 0. The van der Waals surface area contributed by atoms with E-state index in [1.165, 1.54) is 16.7 Å². The van der Waals surface area contributed by atoms with E-state index in [4.69, 9.17) is 11.6 Å². The molecular formula is C21H18Cl. The molecule has 3 rings (SSSR count). The molecule has 0 aliphatic heterocycles. The molecule has 1 heteroatoms. The fourth-order valence-electron chi connectivity index (χ4n) is 2.53. The highest BCUT2D eigenvalue weighted by atomic mass is 35.5. The second-order valence-corrected chi connectivity index (χ2v) is 5.73. The molecule has 3 aromatic carbocycles. The highest BCUT2D eigenvalue weighted by Gasteiger charge is 2.01. The van der Waals surface area contributed by atoms with Gasteiger partial charge in [0.15, 0.2) is 0 Å². The quantitative estimate of drug-likeness (QED) is 0.527. The van der Waals surface area contributed by atoms with Crippen LogP contribution in [0, 0.1) is 6.42 Å². The maximum Gasteiger partial charge on any atom is 0.0441 e. The average Bonchev–Trinajstić information content (AvgIpc) is 2.58. The molecule has 0 saturated carbocycles. The van der Waals surface area contributed by atoms with E-state index in [-0.39, 0.29) is 0 Å². The van der Waals surface area contributed by atoms with E-state index in [0.717, 1.165) is 23.4 Å². The molecule has 0 aliphatic rings. The molecule has 0 fully saturated rings. The Kier molecular flexibility index (Phi) is 4.92. The van der Waals surface area contributed by atoms with Gasteiger partial charge in [-0.3, -0.25) is 0 Å². The van der Waals surface area contributed by atoms with E-state index >= 15 is 0 Å². The van der Waals surface area contributed by atoms with Crippen LogP contribution < -0.4 is 0 Å². The zero-order valence-corrected chi connectivity index (χ0v) is 13.1. The Morgan fingerprint density at radius 3 is 2.05 bits per heavy atom. The summed E-state index contributed by atoms with van der Waals surface area (Å²) in [6.07, 6.45) is 4.22. The molecule has 0 aliphatic carbocycles. The Morgan fingerprint density at radius 2 is 1.32 bits per heavy atom. The molecule has 0 heterocycles. The van der Waals surface area contributed by atoms with Gasteiger partial charge in [0.2, 0.25) is 0 Å². The second kappa shape index (κ2) is 7.29. The molecule has 0 unspecified atom stereocenters. The van der Waals surface area contributed by atoms with Crippen molar-refractivity contribution in [2.75, 3.05) is 0 Å². The van der Waals surface area contributed by atoms with Crippen molar-refractivity contribution in [1.29, 1.82) is 0 Å². The standard InChI is InChI=1S/C21H18Cl/c22-21-12-5-4-10-20(21)11-6-7-17-13-15-19(16-14-17)18-8-2-1-3-9-18/h1-5,8-16H,6-7H2. The number of hydrogen-bond acceptors (Lipinski definition) is 0. The van der Waals surface area contributed by atoms with E-state index in [2.05, 4.69) is 61.0 Å². The highest BCUT2D eigenvalue weighted by Crippen LogP contribution is 2.21. The summed E-state index contributed by atoms with van der Waals surface area (Å²) in [5.74, 6) is 0. The smallest absolute Gasteiger partial charge is 0.0441 e. The van der Waals surface area contributed by atoms with Gasteiger partial charge in [-0.1, -0.05) is 84.4 Å². The minimum atomic E-state index is 0.821. The summed E-state index contributed by atoms with van der Waals surface area (Å²) in [5.41, 5.74) is 4.99. The zero-order valence-electron chi connectivity index (χ0n) is 12.4. The van der Waals surface area contributed by atoms with Crippen LogP contribution in [0.1, 0.15) is 17.5 Å². The van der Waals surface area contributed by atoms with Gasteiger partial charge in [0.05, 0.1) is 0 Å². The molecule has 0 aromatic heterocycles. The summed E-state index contributed by atoms with van der Waals surface area (Å²) in [5, 5.41) is 0.821. The molecular weight excluding hydrogens is 288 g/mol. The lowest BCUT2D eigenvalue weighted by molar-refractivity contribution is 0.951. The van der Waals surface area contributed by atoms with Crippen LogP contribution in [0.25, 0.3) is 11.1 Å². The highest BCUT2D eigenvalue weighted by molar-refractivity contribution is 6.31. The fraction of sp³-hybridized carbons (Fsp3) is 0.0952. The Morgan fingerprint density at radius 1 is 0.682 bits per heavy atom.